The predicted molar refractivity (Wildman–Crippen MR) is 78.0 cm³/mol. The number of halogens is 1. The first-order chi connectivity index (χ1) is 9.06. The van der Waals surface area contributed by atoms with Crippen LogP contribution in [0.3, 0.4) is 0 Å². The monoisotopic (exact) mass is 326 g/mol. The van der Waals surface area contributed by atoms with E-state index in [-0.39, 0.29) is 6.42 Å². The zero-order chi connectivity index (χ0) is 14.0. The summed E-state index contributed by atoms with van der Waals surface area (Å²) in [4.78, 5) is 10.8. The van der Waals surface area contributed by atoms with Gasteiger partial charge in [-0.15, -0.1) is 0 Å². The second-order valence-corrected chi connectivity index (χ2v) is 5.80. The van der Waals surface area contributed by atoms with Crippen LogP contribution in [0.15, 0.2) is 4.47 Å². The van der Waals surface area contributed by atoms with E-state index in [4.69, 9.17) is 9.84 Å². The molecule has 1 aliphatic carbocycles. The lowest BCUT2D eigenvalue weighted by Crippen LogP contribution is -2.11. The third-order valence-corrected chi connectivity index (χ3v) is 4.74. The number of hydrogen-bond donors (Lipinski definition) is 1. The number of hydrogen-bond acceptors (Lipinski definition) is 2. The molecule has 2 rings (SSSR count). The van der Waals surface area contributed by atoms with Crippen LogP contribution in [-0.4, -0.2) is 18.2 Å². The zero-order valence-electron chi connectivity index (χ0n) is 11.4. The lowest BCUT2D eigenvalue weighted by Gasteiger charge is -2.25. The molecule has 1 aromatic carbocycles. The number of aliphatic carboxylic acids is 1. The Morgan fingerprint density at radius 3 is 2.53 bits per heavy atom. The number of carboxylic acids is 1. The fourth-order valence-electron chi connectivity index (χ4n) is 2.93. The van der Waals surface area contributed by atoms with Gasteiger partial charge in [0.05, 0.1) is 11.6 Å². The first-order valence-corrected chi connectivity index (χ1v) is 7.44. The van der Waals surface area contributed by atoms with Gasteiger partial charge in [0.1, 0.15) is 5.75 Å². The fourth-order valence-corrected chi connectivity index (χ4v) is 3.77. The third kappa shape index (κ3) is 2.78. The SMILES string of the molecule is COc1c(Br)c2c(c(C)c1CCC(=O)O)CCCC2. The highest BCUT2D eigenvalue weighted by atomic mass is 79.9. The van der Waals surface area contributed by atoms with Crippen molar-refractivity contribution < 1.29 is 14.6 Å². The van der Waals surface area contributed by atoms with Crippen LogP contribution in [0.2, 0.25) is 0 Å². The summed E-state index contributed by atoms with van der Waals surface area (Å²) in [5, 5.41) is 8.88. The average Bonchev–Trinajstić information content (AvgIpc) is 2.41. The molecule has 0 bridgehead atoms. The zero-order valence-corrected chi connectivity index (χ0v) is 13.0. The number of benzene rings is 1. The van der Waals surface area contributed by atoms with Crippen molar-refractivity contribution in [3.63, 3.8) is 0 Å². The molecule has 0 radical (unpaired) electrons. The second kappa shape index (κ2) is 5.95. The van der Waals surface area contributed by atoms with Gasteiger partial charge in [0, 0.05) is 6.42 Å². The van der Waals surface area contributed by atoms with Gasteiger partial charge in [-0.1, -0.05) is 0 Å². The topological polar surface area (TPSA) is 46.5 Å². The molecule has 0 fully saturated rings. The summed E-state index contributed by atoms with van der Waals surface area (Å²) in [7, 11) is 1.65. The molecule has 1 N–H and O–H groups in total. The lowest BCUT2D eigenvalue weighted by molar-refractivity contribution is -0.136. The molecule has 1 aromatic rings. The number of methoxy groups -OCH3 is 1. The maximum atomic E-state index is 10.8. The average molecular weight is 327 g/mol. The van der Waals surface area contributed by atoms with E-state index in [0.717, 1.165) is 28.6 Å². The smallest absolute Gasteiger partial charge is 0.303 e. The van der Waals surface area contributed by atoms with Crippen LogP contribution in [0.25, 0.3) is 0 Å². The molecule has 0 saturated carbocycles. The highest BCUT2D eigenvalue weighted by molar-refractivity contribution is 9.10. The molecule has 0 saturated heterocycles. The molecule has 104 valence electrons. The predicted octanol–water partition coefficient (Wildman–Crippen LogP) is 3.66. The minimum absolute atomic E-state index is 0.141. The Kier molecular flexibility index (Phi) is 4.50. The van der Waals surface area contributed by atoms with Crippen LogP contribution in [0, 0.1) is 6.92 Å². The molecule has 0 aliphatic heterocycles. The number of rotatable bonds is 4. The van der Waals surface area contributed by atoms with Crippen molar-refractivity contribution in [3.8, 4) is 5.75 Å². The Balaban J connectivity index is 2.51. The Bertz CT molecular complexity index is 509. The molecule has 4 heteroatoms. The lowest BCUT2D eigenvalue weighted by atomic mass is 9.85. The van der Waals surface area contributed by atoms with Gasteiger partial charge in [-0.2, -0.15) is 0 Å². The van der Waals surface area contributed by atoms with E-state index in [9.17, 15) is 4.79 Å². The summed E-state index contributed by atoms with van der Waals surface area (Å²) in [6, 6.07) is 0. The van der Waals surface area contributed by atoms with Gasteiger partial charge in [-0.25, -0.2) is 0 Å². The van der Waals surface area contributed by atoms with Gasteiger partial charge in [0.15, 0.2) is 0 Å². The van der Waals surface area contributed by atoms with E-state index in [0.29, 0.717) is 6.42 Å². The Morgan fingerprint density at radius 2 is 1.95 bits per heavy atom. The van der Waals surface area contributed by atoms with Crippen molar-refractivity contribution in [2.75, 3.05) is 7.11 Å². The highest BCUT2D eigenvalue weighted by Gasteiger charge is 2.23. The summed E-state index contributed by atoms with van der Waals surface area (Å²) in [5.74, 6) is 0.0506. The van der Waals surface area contributed by atoms with Gasteiger partial charge in [-0.05, 0) is 77.2 Å². The Hall–Kier alpha value is -1.03. The van der Waals surface area contributed by atoms with Gasteiger partial charge in [-0.3, -0.25) is 4.79 Å². The first-order valence-electron chi connectivity index (χ1n) is 6.64. The standard InChI is InChI=1S/C15H19BrO3/c1-9-10-5-3-4-6-12(10)14(16)15(19-2)11(9)7-8-13(17)18/h3-8H2,1-2H3,(H,17,18). The van der Waals surface area contributed by atoms with E-state index in [1.54, 1.807) is 7.11 Å². The third-order valence-electron chi connectivity index (χ3n) is 3.90. The normalized spacial score (nSPS) is 14.1. The van der Waals surface area contributed by atoms with Gasteiger partial charge < -0.3 is 9.84 Å². The van der Waals surface area contributed by atoms with E-state index in [1.165, 1.54) is 29.5 Å². The van der Waals surface area contributed by atoms with Crippen molar-refractivity contribution in [2.24, 2.45) is 0 Å². The first kappa shape index (κ1) is 14.4. The Morgan fingerprint density at radius 1 is 1.32 bits per heavy atom. The minimum Gasteiger partial charge on any atom is -0.495 e. The van der Waals surface area contributed by atoms with Crippen molar-refractivity contribution in [1.29, 1.82) is 0 Å². The number of carboxylic acid groups (broad SMARTS) is 1. The summed E-state index contributed by atoms with van der Waals surface area (Å²) < 4.78 is 6.54. The summed E-state index contributed by atoms with van der Waals surface area (Å²) in [5.41, 5.74) is 4.99. The molecule has 19 heavy (non-hydrogen) atoms. The van der Waals surface area contributed by atoms with Crippen LogP contribution in [0.5, 0.6) is 5.75 Å². The fraction of sp³-hybridized carbons (Fsp3) is 0.533. The maximum Gasteiger partial charge on any atom is 0.303 e. The van der Waals surface area contributed by atoms with Gasteiger partial charge in [0.2, 0.25) is 0 Å². The van der Waals surface area contributed by atoms with E-state index < -0.39 is 5.97 Å². The molecule has 0 spiro atoms. The molecular formula is C15H19BrO3. The van der Waals surface area contributed by atoms with Crippen LogP contribution in [0.4, 0.5) is 0 Å². The van der Waals surface area contributed by atoms with Crippen molar-refractivity contribution in [2.45, 2.75) is 45.4 Å². The molecule has 3 nitrogen and oxygen atoms in total. The molecule has 0 atom stereocenters. The van der Waals surface area contributed by atoms with Gasteiger partial charge in [0.25, 0.3) is 0 Å². The van der Waals surface area contributed by atoms with Crippen LogP contribution in [0.1, 0.15) is 41.5 Å². The van der Waals surface area contributed by atoms with Crippen LogP contribution < -0.4 is 4.74 Å². The van der Waals surface area contributed by atoms with Crippen molar-refractivity contribution in [3.05, 3.63) is 26.7 Å². The highest BCUT2D eigenvalue weighted by Crippen LogP contribution is 2.41. The Labute approximate surface area is 122 Å². The second-order valence-electron chi connectivity index (χ2n) is 5.01. The molecule has 1 aliphatic rings. The summed E-state index contributed by atoms with van der Waals surface area (Å²) >= 11 is 3.65. The van der Waals surface area contributed by atoms with Gasteiger partial charge >= 0.3 is 5.97 Å². The van der Waals surface area contributed by atoms with E-state index in [2.05, 4.69) is 22.9 Å². The van der Waals surface area contributed by atoms with E-state index in [1.807, 2.05) is 0 Å². The molecule has 0 unspecified atom stereocenters. The van der Waals surface area contributed by atoms with Crippen molar-refractivity contribution >= 4 is 21.9 Å². The minimum atomic E-state index is -0.768. The maximum absolute atomic E-state index is 10.8. The number of fused-ring (bicyclic) bond motifs is 1. The van der Waals surface area contributed by atoms with Crippen LogP contribution in [-0.2, 0) is 24.1 Å². The molecule has 0 aromatic heterocycles. The molecule has 0 amide bonds. The number of carbonyl (C=O) groups is 1. The quantitative estimate of drug-likeness (QED) is 0.918. The molecule has 0 heterocycles. The van der Waals surface area contributed by atoms with Crippen LogP contribution >= 0.6 is 15.9 Å². The number of ether oxygens (including phenoxy) is 1. The van der Waals surface area contributed by atoms with E-state index >= 15 is 0 Å². The summed E-state index contributed by atoms with van der Waals surface area (Å²) in [6.45, 7) is 2.09. The summed E-state index contributed by atoms with van der Waals surface area (Å²) in [6.07, 6.45) is 5.25. The molecular weight excluding hydrogens is 308 g/mol. The largest absolute Gasteiger partial charge is 0.495 e. The van der Waals surface area contributed by atoms with Crippen molar-refractivity contribution in [1.82, 2.24) is 0 Å².